The summed E-state index contributed by atoms with van der Waals surface area (Å²) >= 11 is 0. The van der Waals surface area contributed by atoms with Crippen molar-refractivity contribution >= 4 is 34.7 Å². The molecule has 0 spiro atoms. The van der Waals surface area contributed by atoms with Crippen molar-refractivity contribution in [3.63, 3.8) is 0 Å². The molecule has 0 bridgehead atoms. The van der Waals surface area contributed by atoms with Crippen LogP contribution < -0.4 is 15.1 Å². The maximum absolute atomic E-state index is 13.3. The lowest BCUT2D eigenvalue weighted by Crippen LogP contribution is -2.19. The fourth-order valence-electron chi connectivity index (χ4n) is 4.28. The van der Waals surface area contributed by atoms with Gasteiger partial charge in [-0.2, -0.15) is 5.10 Å². The molecule has 7 nitrogen and oxygen atoms in total. The second-order valence-corrected chi connectivity index (χ2v) is 9.36. The number of hydrogen-bond donors (Lipinski definition) is 2. The molecular formula is C32H28N4O3. The van der Waals surface area contributed by atoms with E-state index in [9.17, 15) is 9.59 Å². The molecule has 39 heavy (non-hydrogen) atoms. The Morgan fingerprint density at radius 1 is 0.897 bits per heavy atom. The molecule has 0 saturated heterocycles. The predicted octanol–water partition coefficient (Wildman–Crippen LogP) is 6.19. The Kier molecular flexibility index (Phi) is 7.23. The van der Waals surface area contributed by atoms with Crippen molar-refractivity contribution in [2.45, 2.75) is 6.92 Å². The third kappa shape index (κ3) is 5.57. The molecule has 1 heterocycles. The molecule has 1 amide bonds. The highest BCUT2D eigenvalue weighted by Crippen LogP contribution is 2.34. The van der Waals surface area contributed by atoms with Gasteiger partial charge in [-0.05, 0) is 55.0 Å². The second kappa shape index (κ2) is 11.1. The highest BCUT2D eigenvalue weighted by atomic mass is 16.5. The molecule has 194 valence electrons. The van der Waals surface area contributed by atoms with Gasteiger partial charge in [0.25, 0.3) is 5.91 Å². The average Bonchev–Trinajstić information content (AvgIpc) is 3.34. The van der Waals surface area contributed by atoms with Crippen molar-refractivity contribution in [2.24, 2.45) is 5.10 Å². The smallest absolute Gasteiger partial charge is 0.343 e. The van der Waals surface area contributed by atoms with Gasteiger partial charge in [0, 0.05) is 41.8 Å². The van der Waals surface area contributed by atoms with E-state index >= 15 is 0 Å². The van der Waals surface area contributed by atoms with Crippen molar-refractivity contribution in [1.29, 1.82) is 0 Å². The van der Waals surface area contributed by atoms with E-state index in [-0.39, 0.29) is 5.91 Å². The fraction of sp³-hybridized carbons (Fsp3) is 0.0938. The van der Waals surface area contributed by atoms with Gasteiger partial charge in [-0.3, -0.25) is 4.79 Å². The lowest BCUT2D eigenvalue weighted by Gasteiger charge is -2.12. The van der Waals surface area contributed by atoms with Crippen LogP contribution >= 0.6 is 0 Å². The number of carbonyl (C=O) groups is 2. The molecule has 1 aromatic heterocycles. The van der Waals surface area contributed by atoms with Gasteiger partial charge in [0.1, 0.15) is 11.4 Å². The minimum Gasteiger partial charge on any atom is -0.422 e. The van der Waals surface area contributed by atoms with Gasteiger partial charge in [-0.25, -0.2) is 10.2 Å². The van der Waals surface area contributed by atoms with Crippen LogP contribution in [0.5, 0.6) is 5.75 Å². The molecule has 0 saturated carbocycles. The molecule has 0 aliphatic heterocycles. The fourth-order valence-corrected chi connectivity index (χ4v) is 4.28. The molecule has 0 atom stereocenters. The van der Waals surface area contributed by atoms with Crippen LogP contribution in [0.4, 0.5) is 5.69 Å². The van der Waals surface area contributed by atoms with Gasteiger partial charge >= 0.3 is 5.97 Å². The zero-order chi connectivity index (χ0) is 27.4. The third-order valence-electron chi connectivity index (χ3n) is 6.37. The molecular weight excluding hydrogens is 488 g/mol. The maximum atomic E-state index is 13.3. The number of hydrogen-bond acceptors (Lipinski definition) is 5. The summed E-state index contributed by atoms with van der Waals surface area (Å²) < 4.78 is 5.61. The van der Waals surface area contributed by atoms with E-state index in [1.807, 2.05) is 80.5 Å². The number of benzene rings is 4. The Morgan fingerprint density at radius 3 is 2.36 bits per heavy atom. The number of carbonyl (C=O) groups excluding carboxylic acids is 2. The molecule has 5 aromatic rings. The summed E-state index contributed by atoms with van der Waals surface area (Å²) in [5.41, 5.74) is 8.68. The summed E-state index contributed by atoms with van der Waals surface area (Å²) in [5, 5.41) is 5.12. The van der Waals surface area contributed by atoms with Crippen molar-refractivity contribution in [3.8, 4) is 16.9 Å². The zero-order valence-electron chi connectivity index (χ0n) is 21.9. The Bertz CT molecular complexity index is 1670. The van der Waals surface area contributed by atoms with Gasteiger partial charge in [0.15, 0.2) is 0 Å². The van der Waals surface area contributed by atoms with Gasteiger partial charge in [0.2, 0.25) is 0 Å². The van der Waals surface area contributed by atoms with E-state index in [2.05, 4.69) is 21.6 Å². The number of esters is 1. The van der Waals surface area contributed by atoms with Crippen LogP contribution in [-0.2, 0) is 0 Å². The molecule has 7 heteroatoms. The van der Waals surface area contributed by atoms with Crippen molar-refractivity contribution in [2.75, 3.05) is 19.0 Å². The Balaban J connectivity index is 1.40. The van der Waals surface area contributed by atoms with Crippen molar-refractivity contribution in [3.05, 3.63) is 119 Å². The van der Waals surface area contributed by atoms with Crippen LogP contribution in [-0.4, -0.2) is 37.2 Å². The van der Waals surface area contributed by atoms with Crippen LogP contribution in [0.25, 0.3) is 22.0 Å². The normalized spacial score (nSPS) is 11.1. The highest BCUT2D eigenvalue weighted by Gasteiger charge is 2.20. The summed E-state index contributed by atoms with van der Waals surface area (Å²) in [6, 6.07) is 30.0. The second-order valence-electron chi connectivity index (χ2n) is 9.36. The van der Waals surface area contributed by atoms with Gasteiger partial charge in [-0.1, -0.05) is 60.2 Å². The van der Waals surface area contributed by atoms with Crippen LogP contribution in [0.3, 0.4) is 0 Å². The maximum Gasteiger partial charge on any atom is 0.343 e. The zero-order valence-corrected chi connectivity index (χ0v) is 21.9. The largest absolute Gasteiger partial charge is 0.422 e. The number of anilines is 1. The minimum atomic E-state index is -0.470. The van der Waals surface area contributed by atoms with E-state index < -0.39 is 5.97 Å². The molecule has 2 N–H and O–H groups in total. The molecule has 4 aromatic carbocycles. The number of aryl methyl sites for hydroxylation is 1. The van der Waals surface area contributed by atoms with Crippen LogP contribution in [0.15, 0.2) is 102 Å². The Hall–Kier alpha value is -5.17. The summed E-state index contributed by atoms with van der Waals surface area (Å²) in [5.74, 6) is -0.516. The molecule has 0 fully saturated rings. The number of para-hydroxylation sites is 1. The molecule has 5 rings (SSSR count). The van der Waals surface area contributed by atoms with Crippen LogP contribution in [0.2, 0.25) is 0 Å². The highest BCUT2D eigenvalue weighted by molar-refractivity contribution is 6.10. The number of amides is 1. The van der Waals surface area contributed by atoms with Gasteiger partial charge in [0.05, 0.1) is 11.8 Å². The first-order valence-corrected chi connectivity index (χ1v) is 12.5. The van der Waals surface area contributed by atoms with Crippen molar-refractivity contribution < 1.29 is 14.3 Å². The number of rotatable bonds is 7. The third-order valence-corrected chi connectivity index (χ3v) is 6.37. The topological polar surface area (TPSA) is 86.8 Å². The molecule has 0 unspecified atom stereocenters. The van der Waals surface area contributed by atoms with Crippen LogP contribution in [0.1, 0.15) is 32.0 Å². The van der Waals surface area contributed by atoms with E-state index in [1.54, 1.807) is 36.4 Å². The summed E-state index contributed by atoms with van der Waals surface area (Å²) in [7, 11) is 3.96. The van der Waals surface area contributed by atoms with E-state index in [0.29, 0.717) is 22.6 Å². The number of aromatic nitrogens is 1. The van der Waals surface area contributed by atoms with Gasteiger partial charge < -0.3 is 14.6 Å². The number of hydrazone groups is 1. The number of ether oxygens (including phenoxy) is 1. The van der Waals surface area contributed by atoms with Gasteiger partial charge in [-0.15, -0.1) is 0 Å². The quantitative estimate of drug-likeness (QED) is 0.117. The number of fused-ring (bicyclic) bond motifs is 1. The summed E-state index contributed by atoms with van der Waals surface area (Å²) in [4.78, 5) is 31.3. The lowest BCUT2D eigenvalue weighted by molar-refractivity contribution is 0.0734. The number of nitrogens with zero attached hydrogens (tertiary/aromatic N) is 2. The van der Waals surface area contributed by atoms with E-state index in [0.717, 1.165) is 33.3 Å². The lowest BCUT2D eigenvalue weighted by atomic mass is 10.0. The predicted molar refractivity (Wildman–Crippen MR) is 156 cm³/mol. The minimum absolute atomic E-state index is 0.341. The first-order chi connectivity index (χ1) is 18.9. The first-order valence-electron chi connectivity index (χ1n) is 12.5. The van der Waals surface area contributed by atoms with Crippen LogP contribution in [0, 0.1) is 6.92 Å². The molecule has 0 aliphatic carbocycles. The van der Waals surface area contributed by atoms with Crippen molar-refractivity contribution in [1.82, 2.24) is 10.4 Å². The number of nitrogens with one attached hydrogen (secondary N) is 2. The Morgan fingerprint density at radius 2 is 1.62 bits per heavy atom. The Labute approximate surface area is 226 Å². The SMILES string of the molecule is Cc1ccc(C(=O)Oc2ccccc2C=NNC(=O)c2[nH]c3ccc(N(C)C)cc3c2-c2ccccc2)cc1. The number of aromatic amines is 1. The first kappa shape index (κ1) is 25.5. The molecule has 0 radical (unpaired) electrons. The summed E-state index contributed by atoms with van der Waals surface area (Å²) in [6.45, 7) is 1.95. The van der Waals surface area contributed by atoms with E-state index in [1.165, 1.54) is 6.21 Å². The van der Waals surface area contributed by atoms with E-state index in [4.69, 9.17) is 4.74 Å². The average molecular weight is 517 g/mol. The molecule has 0 aliphatic rings. The standard InChI is InChI=1S/C32H28N4O3/c1-21-13-15-23(16-14-21)32(38)39-28-12-8-7-11-24(28)20-33-35-31(37)30-29(22-9-5-4-6-10-22)26-19-25(36(2)3)17-18-27(26)34-30/h4-20,34H,1-3H3,(H,35,37). The monoisotopic (exact) mass is 516 g/mol. The number of H-pyrrole nitrogens is 1. The summed E-state index contributed by atoms with van der Waals surface area (Å²) in [6.07, 6.45) is 1.46.